The van der Waals surface area contributed by atoms with E-state index in [9.17, 15) is 9.59 Å². The van der Waals surface area contributed by atoms with Gasteiger partial charge in [0.1, 0.15) is 11.5 Å². The van der Waals surface area contributed by atoms with Gasteiger partial charge in [0.15, 0.2) is 11.5 Å². The lowest BCUT2D eigenvalue weighted by Gasteiger charge is -1.92. The molecule has 0 amide bonds. The van der Waals surface area contributed by atoms with E-state index in [2.05, 4.69) is 0 Å². The highest BCUT2D eigenvalue weighted by Crippen LogP contribution is 2.15. The minimum atomic E-state index is -0.395. The van der Waals surface area contributed by atoms with Gasteiger partial charge in [-0.15, -0.1) is 0 Å². The smallest absolute Gasteiger partial charge is 0.221 e. The van der Waals surface area contributed by atoms with Crippen molar-refractivity contribution in [2.24, 2.45) is 0 Å². The maximum absolute atomic E-state index is 12.3. The fourth-order valence-electron chi connectivity index (χ4n) is 2.95. The van der Waals surface area contributed by atoms with Crippen LogP contribution in [0.25, 0.3) is 24.3 Å². The maximum Gasteiger partial charge on any atom is 0.221 e. The molecule has 0 aliphatic rings. The Kier molecular flexibility index (Phi) is 6.54. The third-order valence-electron chi connectivity index (χ3n) is 4.60. The molecule has 2 aromatic heterocycles. The monoisotopic (exact) mass is 420 g/mol. The average molecular weight is 420 g/mol. The molecular weight excluding hydrogens is 400 g/mol. The van der Waals surface area contributed by atoms with Gasteiger partial charge in [0.2, 0.25) is 11.6 Å². The molecule has 156 valence electrons. The zero-order valence-corrected chi connectivity index (χ0v) is 17.2. The van der Waals surface area contributed by atoms with Gasteiger partial charge < -0.3 is 8.83 Å². The molecule has 2 aromatic carbocycles. The van der Waals surface area contributed by atoms with Gasteiger partial charge in [-0.25, -0.2) is 0 Å². The first-order valence-corrected chi connectivity index (χ1v) is 10.1. The van der Waals surface area contributed by atoms with Gasteiger partial charge in [-0.1, -0.05) is 72.8 Å². The highest BCUT2D eigenvalue weighted by molar-refractivity contribution is 6.10. The molecule has 0 saturated carbocycles. The van der Waals surface area contributed by atoms with Crippen LogP contribution in [0.15, 0.2) is 106 Å². The second-order valence-corrected chi connectivity index (χ2v) is 6.95. The van der Waals surface area contributed by atoms with Crippen molar-refractivity contribution in [3.8, 4) is 0 Å². The van der Waals surface area contributed by atoms with Crippen molar-refractivity contribution in [2.45, 2.75) is 0 Å². The number of carbonyl (C=O) groups is 2. The second-order valence-electron chi connectivity index (χ2n) is 6.95. The standard InChI is InChI=1S/C28H20O4/c29-25(27-19-15-23(31-27)13-11-21-7-3-1-4-8-21)17-18-26(30)28-20-16-24(32-28)14-12-22-9-5-2-6-10-22/h1-20H/b13-11+,14-12+,18-17+. The molecule has 4 heteroatoms. The van der Waals surface area contributed by atoms with Crippen LogP contribution in [-0.2, 0) is 0 Å². The van der Waals surface area contributed by atoms with Gasteiger partial charge >= 0.3 is 0 Å². The molecule has 0 bridgehead atoms. The summed E-state index contributed by atoms with van der Waals surface area (Å²) in [6.45, 7) is 0. The van der Waals surface area contributed by atoms with E-state index in [1.807, 2.05) is 72.8 Å². The molecule has 0 N–H and O–H groups in total. The summed E-state index contributed by atoms with van der Waals surface area (Å²) in [5.74, 6) is 0.637. The van der Waals surface area contributed by atoms with Gasteiger partial charge in [-0.3, -0.25) is 9.59 Å². The Morgan fingerprint density at radius 1 is 0.500 bits per heavy atom. The van der Waals surface area contributed by atoms with Crippen LogP contribution < -0.4 is 0 Å². The van der Waals surface area contributed by atoms with Crippen molar-refractivity contribution in [1.29, 1.82) is 0 Å². The average Bonchev–Trinajstić information content (AvgIpc) is 3.51. The molecule has 0 saturated heterocycles. The molecule has 2 heterocycles. The van der Waals surface area contributed by atoms with Gasteiger partial charge in [0, 0.05) is 0 Å². The molecule has 4 aromatic rings. The van der Waals surface area contributed by atoms with E-state index in [-0.39, 0.29) is 11.5 Å². The molecule has 0 spiro atoms. The maximum atomic E-state index is 12.3. The van der Waals surface area contributed by atoms with Gasteiger partial charge in [-0.05, 0) is 59.7 Å². The Labute approximate surface area is 185 Å². The van der Waals surface area contributed by atoms with E-state index >= 15 is 0 Å². The fourth-order valence-corrected chi connectivity index (χ4v) is 2.95. The fraction of sp³-hybridized carbons (Fsp3) is 0. The number of hydrogen-bond acceptors (Lipinski definition) is 4. The van der Waals surface area contributed by atoms with Crippen LogP contribution in [0.3, 0.4) is 0 Å². The number of furan rings is 2. The van der Waals surface area contributed by atoms with E-state index in [4.69, 9.17) is 8.83 Å². The van der Waals surface area contributed by atoms with E-state index < -0.39 is 11.6 Å². The lowest BCUT2D eigenvalue weighted by molar-refractivity contribution is 0.0992. The third-order valence-corrected chi connectivity index (χ3v) is 4.60. The highest BCUT2D eigenvalue weighted by Gasteiger charge is 2.11. The number of hydrogen-bond donors (Lipinski definition) is 0. The molecule has 4 rings (SSSR count). The second kappa shape index (κ2) is 10.0. The SMILES string of the molecule is O=C(/C=C/C(=O)c1ccc(/C=C/c2ccccc2)o1)c1ccc(/C=C/c2ccccc2)o1. The molecular formula is C28H20O4. The Bertz CT molecular complexity index is 1180. The summed E-state index contributed by atoms with van der Waals surface area (Å²) in [7, 11) is 0. The Morgan fingerprint density at radius 3 is 1.31 bits per heavy atom. The van der Waals surface area contributed by atoms with Crippen molar-refractivity contribution >= 4 is 35.9 Å². The van der Waals surface area contributed by atoms with Crippen LogP contribution in [0.4, 0.5) is 0 Å². The first-order chi connectivity index (χ1) is 15.7. The number of ketones is 2. The number of benzene rings is 2. The van der Waals surface area contributed by atoms with Crippen LogP contribution in [0.1, 0.15) is 43.8 Å². The number of allylic oxidation sites excluding steroid dienone is 2. The van der Waals surface area contributed by atoms with Crippen LogP contribution in [0, 0.1) is 0 Å². The normalized spacial score (nSPS) is 11.6. The summed E-state index contributed by atoms with van der Waals surface area (Å²) in [6.07, 6.45) is 9.74. The van der Waals surface area contributed by atoms with E-state index in [1.165, 1.54) is 12.2 Å². The summed E-state index contributed by atoms with van der Waals surface area (Å²) >= 11 is 0. The minimum absolute atomic E-state index is 0.160. The Hall–Kier alpha value is -4.44. The van der Waals surface area contributed by atoms with Crippen LogP contribution in [-0.4, -0.2) is 11.6 Å². The summed E-state index contributed by atoms with van der Waals surface area (Å²) in [5, 5.41) is 0. The van der Waals surface area contributed by atoms with E-state index in [1.54, 1.807) is 36.4 Å². The minimum Gasteiger partial charge on any atom is -0.453 e. The quantitative estimate of drug-likeness (QED) is 0.231. The lowest BCUT2D eigenvalue weighted by Crippen LogP contribution is -1.96. The zero-order valence-electron chi connectivity index (χ0n) is 17.2. The van der Waals surface area contributed by atoms with Crippen LogP contribution in [0.2, 0.25) is 0 Å². The van der Waals surface area contributed by atoms with Gasteiger partial charge in [0.05, 0.1) is 0 Å². The first-order valence-electron chi connectivity index (χ1n) is 10.1. The van der Waals surface area contributed by atoms with Crippen LogP contribution in [0.5, 0.6) is 0 Å². The van der Waals surface area contributed by atoms with Gasteiger partial charge in [0.25, 0.3) is 0 Å². The number of carbonyl (C=O) groups excluding carboxylic acids is 2. The highest BCUT2D eigenvalue weighted by atomic mass is 16.4. The van der Waals surface area contributed by atoms with Crippen molar-refractivity contribution in [3.05, 3.63) is 131 Å². The molecule has 0 radical (unpaired) electrons. The van der Waals surface area contributed by atoms with Crippen LogP contribution >= 0.6 is 0 Å². The predicted octanol–water partition coefficient (Wildman–Crippen LogP) is 6.84. The summed E-state index contributed by atoms with van der Waals surface area (Å²) in [4.78, 5) is 24.7. The number of rotatable bonds is 8. The van der Waals surface area contributed by atoms with Crippen molar-refractivity contribution in [1.82, 2.24) is 0 Å². The molecule has 0 atom stereocenters. The molecule has 32 heavy (non-hydrogen) atoms. The lowest BCUT2D eigenvalue weighted by atomic mass is 10.2. The van der Waals surface area contributed by atoms with Crippen molar-refractivity contribution in [2.75, 3.05) is 0 Å². The predicted molar refractivity (Wildman–Crippen MR) is 126 cm³/mol. The summed E-state index contributed by atoms with van der Waals surface area (Å²) in [5.41, 5.74) is 2.05. The zero-order chi connectivity index (χ0) is 22.2. The summed E-state index contributed by atoms with van der Waals surface area (Å²) < 4.78 is 11.1. The molecule has 4 nitrogen and oxygen atoms in total. The Morgan fingerprint density at radius 2 is 0.906 bits per heavy atom. The molecule has 0 unspecified atom stereocenters. The summed E-state index contributed by atoms with van der Waals surface area (Å²) in [6, 6.07) is 26.1. The van der Waals surface area contributed by atoms with Gasteiger partial charge in [-0.2, -0.15) is 0 Å². The molecule has 0 aliphatic heterocycles. The first kappa shape index (κ1) is 20.8. The third kappa shape index (κ3) is 5.58. The van der Waals surface area contributed by atoms with Crippen molar-refractivity contribution in [3.63, 3.8) is 0 Å². The van der Waals surface area contributed by atoms with Crippen molar-refractivity contribution < 1.29 is 18.4 Å². The van der Waals surface area contributed by atoms with E-state index in [0.717, 1.165) is 11.1 Å². The topological polar surface area (TPSA) is 60.4 Å². The Balaban J connectivity index is 1.36. The largest absolute Gasteiger partial charge is 0.453 e. The molecule has 0 fully saturated rings. The molecule has 0 aliphatic carbocycles. The van der Waals surface area contributed by atoms with E-state index in [0.29, 0.717) is 11.5 Å².